The van der Waals surface area contributed by atoms with Crippen LogP contribution in [0, 0.1) is 13.8 Å². The van der Waals surface area contributed by atoms with Gasteiger partial charge in [0.25, 0.3) is 0 Å². The van der Waals surface area contributed by atoms with Crippen LogP contribution in [0.2, 0.25) is 5.02 Å². The monoisotopic (exact) mass is 576 g/mol. The summed E-state index contributed by atoms with van der Waals surface area (Å²) in [5, 5.41) is 12.3. The van der Waals surface area contributed by atoms with Gasteiger partial charge in [0, 0.05) is 43.5 Å². The molecule has 180 valence electrons. The van der Waals surface area contributed by atoms with Crippen molar-refractivity contribution in [2.45, 2.75) is 46.8 Å². The maximum absolute atomic E-state index is 6.52. The van der Waals surface area contributed by atoms with Crippen LogP contribution in [-0.2, 0) is 17.8 Å². The Morgan fingerprint density at radius 2 is 1.91 bits per heavy atom. The van der Waals surface area contributed by atoms with Gasteiger partial charge in [-0.1, -0.05) is 43.6 Å². The maximum atomic E-state index is 6.52. The molecule has 0 amide bonds. The number of benzene rings is 1. The van der Waals surface area contributed by atoms with Crippen LogP contribution in [0.25, 0.3) is 0 Å². The molecule has 32 heavy (non-hydrogen) atoms. The Bertz CT molecular complexity index is 853. The van der Waals surface area contributed by atoms with Gasteiger partial charge >= 0.3 is 0 Å². The fourth-order valence-corrected chi connectivity index (χ4v) is 4.08. The van der Waals surface area contributed by atoms with Crippen molar-refractivity contribution in [2.24, 2.45) is 4.99 Å². The standard InChI is InChI=1S/C23H37ClN6O.HI/c1-7-29(8-2)22(19-11-9-10-12-21(19)24)16-27-23(25-5)26-15-20-17(3)28-30(18(20)4)13-14-31-6;/h9-12,22H,7-8,13-16H2,1-6H3,(H2,25,26,27);1H. The van der Waals surface area contributed by atoms with Gasteiger partial charge in [0.2, 0.25) is 0 Å². The topological polar surface area (TPSA) is 66.7 Å². The second kappa shape index (κ2) is 14.7. The molecule has 2 aromatic rings. The Balaban J connectivity index is 0.00000512. The second-order valence-corrected chi connectivity index (χ2v) is 7.84. The first-order valence-electron chi connectivity index (χ1n) is 10.9. The zero-order valence-electron chi connectivity index (χ0n) is 20.1. The van der Waals surface area contributed by atoms with E-state index >= 15 is 0 Å². The SMILES string of the molecule is CCN(CC)C(CNC(=NC)NCc1c(C)nn(CCOC)c1C)c1ccccc1Cl.I. The van der Waals surface area contributed by atoms with E-state index in [0.29, 0.717) is 19.7 Å². The van der Waals surface area contributed by atoms with E-state index in [1.54, 1.807) is 14.2 Å². The molecular formula is C23H38ClIN6O. The summed E-state index contributed by atoms with van der Waals surface area (Å²) < 4.78 is 7.18. The van der Waals surface area contributed by atoms with E-state index in [0.717, 1.165) is 47.6 Å². The molecule has 1 aromatic carbocycles. The lowest BCUT2D eigenvalue weighted by molar-refractivity contribution is 0.182. The summed E-state index contributed by atoms with van der Waals surface area (Å²) in [5.41, 5.74) is 4.48. The van der Waals surface area contributed by atoms with Gasteiger partial charge in [-0.15, -0.1) is 24.0 Å². The number of nitrogens with one attached hydrogen (secondary N) is 2. The predicted molar refractivity (Wildman–Crippen MR) is 144 cm³/mol. The van der Waals surface area contributed by atoms with Gasteiger partial charge < -0.3 is 15.4 Å². The fourth-order valence-electron chi connectivity index (χ4n) is 3.82. The number of rotatable bonds is 11. The molecule has 7 nitrogen and oxygen atoms in total. The summed E-state index contributed by atoms with van der Waals surface area (Å²) in [7, 11) is 3.50. The number of guanidine groups is 1. The van der Waals surface area contributed by atoms with Crippen molar-refractivity contribution in [2.75, 3.05) is 40.4 Å². The largest absolute Gasteiger partial charge is 0.383 e. The molecule has 0 aliphatic carbocycles. The van der Waals surface area contributed by atoms with Crippen LogP contribution in [0.15, 0.2) is 29.3 Å². The first-order chi connectivity index (χ1) is 15.0. The van der Waals surface area contributed by atoms with Crippen molar-refractivity contribution in [3.05, 3.63) is 51.8 Å². The molecule has 1 aromatic heterocycles. The summed E-state index contributed by atoms with van der Waals surface area (Å²) in [6.45, 7) is 13.1. The Morgan fingerprint density at radius 1 is 1.22 bits per heavy atom. The average Bonchev–Trinajstić information content (AvgIpc) is 3.04. The second-order valence-electron chi connectivity index (χ2n) is 7.43. The Labute approximate surface area is 215 Å². The number of aryl methyl sites for hydroxylation is 1. The Hall–Kier alpha value is -1.36. The molecule has 0 fully saturated rings. The lowest BCUT2D eigenvalue weighted by Gasteiger charge is -2.31. The number of aliphatic imine (C=N–C) groups is 1. The van der Waals surface area contributed by atoms with Gasteiger partial charge in [0.1, 0.15) is 0 Å². The van der Waals surface area contributed by atoms with Gasteiger partial charge in [0.15, 0.2) is 5.96 Å². The van der Waals surface area contributed by atoms with Gasteiger partial charge in [-0.2, -0.15) is 5.10 Å². The van der Waals surface area contributed by atoms with Crippen molar-refractivity contribution < 1.29 is 4.74 Å². The van der Waals surface area contributed by atoms with Crippen LogP contribution in [0.4, 0.5) is 0 Å². The summed E-state index contributed by atoms with van der Waals surface area (Å²) in [6, 6.07) is 8.22. The van der Waals surface area contributed by atoms with Crippen LogP contribution in [0.1, 0.15) is 42.4 Å². The molecule has 1 atom stereocenters. The third kappa shape index (κ3) is 7.60. The molecule has 0 saturated carbocycles. The molecule has 0 spiro atoms. The highest BCUT2D eigenvalue weighted by atomic mass is 127. The molecule has 0 aliphatic rings. The number of aromatic nitrogens is 2. The summed E-state index contributed by atoms with van der Waals surface area (Å²) in [6.07, 6.45) is 0. The van der Waals surface area contributed by atoms with E-state index in [2.05, 4.69) is 52.5 Å². The fraction of sp³-hybridized carbons (Fsp3) is 0.565. The normalized spacial score (nSPS) is 12.6. The number of halogens is 2. The molecule has 0 aliphatic heterocycles. The van der Waals surface area contributed by atoms with Crippen molar-refractivity contribution in [3.63, 3.8) is 0 Å². The summed E-state index contributed by atoms with van der Waals surface area (Å²) in [5.74, 6) is 0.757. The number of nitrogens with zero attached hydrogens (tertiary/aromatic N) is 4. The predicted octanol–water partition coefficient (Wildman–Crippen LogP) is 4.17. The first-order valence-corrected chi connectivity index (χ1v) is 11.3. The van der Waals surface area contributed by atoms with Crippen LogP contribution in [-0.4, -0.2) is 61.0 Å². The number of hydrogen-bond donors (Lipinski definition) is 2. The first kappa shape index (κ1) is 28.7. The number of hydrogen-bond acceptors (Lipinski definition) is 4. The van der Waals surface area contributed by atoms with Crippen molar-refractivity contribution in [1.82, 2.24) is 25.3 Å². The zero-order valence-corrected chi connectivity index (χ0v) is 23.2. The minimum absolute atomic E-state index is 0. The quantitative estimate of drug-likeness (QED) is 0.239. The van der Waals surface area contributed by atoms with Crippen LogP contribution in [0.5, 0.6) is 0 Å². The van der Waals surface area contributed by atoms with Gasteiger partial charge in [-0.3, -0.25) is 14.6 Å². The molecule has 1 unspecified atom stereocenters. The highest BCUT2D eigenvalue weighted by Gasteiger charge is 2.21. The van der Waals surface area contributed by atoms with Crippen molar-refractivity contribution in [3.8, 4) is 0 Å². The maximum Gasteiger partial charge on any atom is 0.191 e. The highest BCUT2D eigenvalue weighted by Crippen LogP contribution is 2.27. The van der Waals surface area contributed by atoms with E-state index < -0.39 is 0 Å². The molecular weight excluding hydrogens is 539 g/mol. The lowest BCUT2D eigenvalue weighted by atomic mass is 10.0. The number of likely N-dealkylation sites (N-methyl/N-ethyl adjacent to an activating group) is 1. The van der Waals surface area contributed by atoms with E-state index in [-0.39, 0.29) is 30.0 Å². The minimum atomic E-state index is 0. The van der Waals surface area contributed by atoms with Crippen molar-refractivity contribution >= 4 is 41.5 Å². The number of ether oxygens (including phenoxy) is 1. The van der Waals surface area contributed by atoms with Gasteiger partial charge in [-0.25, -0.2) is 0 Å². The third-order valence-corrected chi connectivity index (χ3v) is 6.02. The molecule has 0 saturated heterocycles. The molecule has 1 heterocycles. The summed E-state index contributed by atoms with van der Waals surface area (Å²) >= 11 is 6.52. The smallest absolute Gasteiger partial charge is 0.191 e. The average molecular weight is 577 g/mol. The lowest BCUT2D eigenvalue weighted by Crippen LogP contribution is -2.43. The molecule has 0 radical (unpaired) electrons. The molecule has 9 heteroatoms. The van der Waals surface area contributed by atoms with E-state index in [4.69, 9.17) is 16.3 Å². The van der Waals surface area contributed by atoms with Crippen LogP contribution < -0.4 is 10.6 Å². The number of methoxy groups -OCH3 is 1. The van der Waals surface area contributed by atoms with Crippen molar-refractivity contribution in [1.29, 1.82) is 0 Å². The van der Waals surface area contributed by atoms with Crippen LogP contribution in [0.3, 0.4) is 0 Å². The summed E-state index contributed by atoms with van der Waals surface area (Å²) in [4.78, 5) is 6.81. The van der Waals surface area contributed by atoms with Crippen LogP contribution >= 0.6 is 35.6 Å². The molecule has 0 bridgehead atoms. The minimum Gasteiger partial charge on any atom is -0.383 e. The highest BCUT2D eigenvalue weighted by molar-refractivity contribution is 14.0. The molecule has 2 rings (SSSR count). The third-order valence-electron chi connectivity index (χ3n) is 5.67. The van der Waals surface area contributed by atoms with E-state index in [1.807, 2.05) is 29.8 Å². The molecule has 2 N–H and O–H groups in total. The van der Waals surface area contributed by atoms with E-state index in [1.165, 1.54) is 5.56 Å². The Morgan fingerprint density at radius 3 is 2.50 bits per heavy atom. The Kier molecular flexibility index (Phi) is 13.2. The van der Waals surface area contributed by atoms with E-state index in [9.17, 15) is 0 Å². The zero-order chi connectivity index (χ0) is 22.8. The van der Waals surface area contributed by atoms with Gasteiger partial charge in [-0.05, 0) is 38.6 Å². The van der Waals surface area contributed by atoms with Gasteiger partial charge in [0.05, 0.1) is 24.9 Å².